The number of methoxy groups -OCH3 is 1. The quantitative estimate of drug-likeness (QED) is 0.662. The number of hydrogen-bond donors (Lipinski definition) is 1. The van der Waals surface area contributed by atoms with Gasteiger partial charge in [-0.1, -0.05) is 31.7 Å². The normalized spacial score (nSPS) is 10.4. The first-order valence-corrected chi connectivity index (χ1v) is 6.15. The zero-order valence-corrected chi connectivity index (χ0v) is 11.2. The van der Waals surface area contributed by atoms with Crippen molar-refractivity contribution < 1.29 is 14.3 Å². The van der Waals surface area contributed by atoms with Gasteiger partial charge < -0.3 is 14.5 Å². The maximum atomic E-state index is 11.9. The standard InChI is InChI=1S/C15H17NO3/c1-4-10(2)9-19-14-13(15(17)18-3)11-7-5-6-8-12(11)16-14/h5-8,16H,2,4,9H2,1,3H3. The topological polar surface area (TPSA) is 51.3 Å². The third kappa shape index (κ3) is 2.62. The molecule has 0 amide bonds. The number of rotatable bonds is 5. The first kappa shape index (κ1) is 13.2. The molecule has 100 valence electrons. The molecular weight excluding hydrogens is 242 g/mol. The highest BCUT2D eigenvalue weighted by Gasteiger charge is 2.20. The molecule has 4 heteroatoms. The van der Waals surface area contributed by atoms with E-state index in [1.807, 2.05) is 31.2 Å². The van der Waals surface area contributed by atoms with E-state index in [2.05, 4.69) is 11.6 Å². The lowest BCUT2D eigenvalue weighted by Gasteiger charge is -2.07. The molecule has 1 aromatic carbocycles. The van der Waals surface area contributed by atoms with Crippen LogP contribution in [-0.4, -0.2) is 24.7 Å². The first-order valence-electron chi connectivity index (χ1n) is 6.15. The smallest absolute Gasteiger partial charge is 0.344 e. The van der Waals surface area contributed by atoms with Gasteiger partial charge in [-0.15, -0.1) is 0 Å². The van der Waals surface area contributed by atoms with Crippen LogP contribution in [0.4, 0.5) is 0 Å². The van der Waals surface area contributed by atoms with Gasteiger partial charge in [-0.2, -0.15) is 0 Å². The molecule has 1 heterocycles. The van der Waals surface area contributed by atoms with Gasteiger partial charge in [0, 0.05) is 10.9 Å². The van der Waals surface area contributed by atoms with Crippen molar-refractivity contribution in [2.45, 2.75) is 13.3 Å². The Morgan fingerprint density at radius 3 is 2.79 bits per heavy atom. The number of aromatic nitrogens is 1. The van der Waals surface area contributed by atoms with Crippen molar-refractivity contribution >= 4 is 16.9 Å². The van der Waals surface area contributed by atoms with Gasteiger partial charge in [-0.05, 0) is 18.1 Å². The van der Waals surface area contributed by atoms with E-state index >= 15 is 0 Å². The number of H-pyrrole nitrogens is 1. The summed E-state index contributed by atoms with van der Waals surface area (Å²) >= 11 is 0. The fourth-order valence-electron chi connectivity index (χ4n) is 1.81. The number of fused-ring (bicyclic) bond motifs is 1. The highest BCUT2D eigenvalue weighted by Crippen LogP contribution is 2.28. The van der Waals surface area contributed by atoms with Crippen LogP contribution in [0.25, 0.3) is 10.9 Å². The van der Waals surface area contributed by atoms with E-state index in [1.165, 1.54) is 7.11 Å². The van der Waals surface area contributed by atoms with Crippen LogP contribution in [0.5, 0.6) is 5.88 Å². The molecule has 0 aliphatic carbocycles. The van der Waals surface area contributed by atoms with Crippen molar-refractivity contribution in [1.29, 1.82) is 0 Å². The Hall–Kier alpha value is -2.23. The second-order valence-electron chi connectivity index (χ2n) is 4.26. The molecule has 0 spiro atoms. The lowest BCUT2D eigenvalue weighted by molar-refractivity contribution is 0.0598. The van der Waals surface area contributed by atoms with E-state index in [0.29, 0.717) is 18.1 Å². The molecule has 0 fully saturated rings. The fourth-order valence-corrected chi connectivity index (χ4v) is 1.81. The van der Waals surface area contributed by atoms with Crippen molar-refractivity contribution in [1.82, 2.24) is 4.98 Å². The van der Waals surface area contributed by atoms with E-state index in [0.717, 1.165) is 22.9 Å². The molecule has 19 heavy (non-hydrogen) atoms. The number of para-hydroxylation sites is 1. The summed E-state index contributed by atoms with van der Waals surface area (Å²) < 4.78 is 10.5. The largest absolute Gasteiger partial charge is 0.474 e. The van der Waals surface area contributed by atoms with Crippen molar-refractivity contribution in [2.24, 2.45) is 0 Å². The van der Waals surface area contributed by atoms with E-state index in [-0.39, 0.29) is 0 Å². The van der Waals surface area contributed by atoms with Gasteiger partial charge in [-0.3, -0.25) is 0 Å². The molecule has 0 unspecified atom stereocenters. The lowest BCUT2D eigenvalue weighted by atomic mass is 10.2. The number of nitrogens with one attached hydrogen (secondary N) is 1. The number of benzene rings is 1. The Bertz CT molecular complexity index is 613. The summed E-state index contributed by atoms with van der Waals surface area (Å²) in [7, 11) is 1.36. The second kappa shape index (κ2) is 5.61. The average Bonchev–Trinajstić information content (AvgIpc) is 2.82. The molecule has 2 aromatic rings. The summed E-state index contributed by atoms with van der Waals surface area (Å²) in [6.45, 7) is 6.28. The molecule has 1 aromatic heterocycles. The maximum absolute atomic E-state index is 11.9. The second-order valence-corrected chi connectivity index (χ2v) is 4.26. The average molecular weight is 259 g/mol. The summed E-state index contributed by atoms with van der Waals surface area (Å²) in [6, 6.07) is 7.52. The highest BCUT2D eigenvalue weighted by atomic mass is 16.5. The Labute approximate surface area is 112 Å². The van der Waals surface area contributed by atoms with E-state index in [1.54, 1.807) is 0 Å². The SMILES string of the molecule is C=C(CC)COc1[nH]c2ccccc2c1C(=O)OC. The summed E-state index contributed by atoms with van der Waals surface area (Å²) in [5, 5.41) is 0.798. The molecule has 0 saturated carbocycles. The van der Waals surface area contributed by atoms with Crippen LogP contribution in [0.3, 0.4) is 0 Å². The van der Waals surface area contributed by atoms with E-state index in [9.17, 15) is 4.79 Å². The van der Waals surface area contributed by atoms with Crippen molar-refractivity contribution in [3.8, 4) is 5.88 Å². The maximum Gasteiger partial charge on any atom is 0.344 e. The van der Waals surface area contributed by atoms with Crippen LogP contribution < -0.4 is 4.74 Å². The Morgan fingerprint density at radius 2 is 2.11 bits per heavy atom. The number of ether oxygens (including phenoxy) is 2. The van der Waals surface area contributed by atoms with E-state index < -0.39 is 5.97 Å². The molecule has 0 atom stereocenters. The predicted molar refractivity (Wildman–Crippen MR) is 74.6 cm³/mol. The van der Waals surface area contributed by atoms with Gasteiger partial charge in [0.2, 0.25) is 5.88 Å². The first-order chi connectivity index (χ1) is 9.17. The number of carbonyl (C=O) groups is 1. The molecule has 1 N–H and O–H groups in total. The zero-order chi connectivity index (χ0) is 13.8. The fraction of sp³-hybridized carbons (Fsp3) is 0.267. The van der Waals surface area contributed by atoms with Crippen LogP contribution in [0.15, 0.2) is 36.4 Å². The van der Waals surface area contributed by atoms with E-state index in [4.69, 9.17) is 9.47 Å². The summed E-state index contributed by atoms with van der Waals surface area (Å²) in [5.74, 6) is 0.0252. The Kier molecular flexibility index (Phi) is 3.90. The number of carbonyl (C=O) groups excluding carboxylic acids is 1. The van der Waals surface area contributed by atoms with Crippen LogP contribution in [0.1, 0.15) is 23.7 Å². The molecular formula is C15H17NO3. The highest BCUT2D eigenvalue weighted by molar-refractivity contribution is 6.06. The molecule has 0 bridgehead atoms. The summed E-state index contributed by atoms with van der Waals surface area (Å²) in [6.07, 6.45) is 0.841. The van der Waals surface area contributed by atoms with Gasteiger partial charge in [0.05, 0.1) is 7.11 Å². The van der Waals surface area contributed by atoms with Gasteiger partial charge in [0.15, 0.2) is 0 Å². The van der Waals surface area contributed by atoms with Gasteiger partial charge in [0.25, 0.3) is 0 Å². The summed E-state index contributed by atoms with van der Waals surface area (Å²) in [5.41, 5.74) is 2.25. The summed E-state index contributed by atoms with van der Waals surface area (Å²) in [4.78, 5) is 15.0. The molecule has 4 nitrogen and oxygen atoms in total. The zero-order valence-electron chi connectivity index (χ0n) is 11.2. The molecule has 0 aliphatic rings. The molecule has 0 saturated heterocycles. The van der Waals surface area contributed by atoms with Crippen LogP contribution in [0, 0.1) is 0 Å². The molecule has 2 rings (SSSR count). The number of esters is 1. The third-order valence-electron chi connectivity index (χ3n) is 2.98. The van der Waals surface area contributed by atoms with Crippen molar-refractivity contribution in [3.05, 3.63) is 42.0 Å². The van der Waals surface area contributed by atoms with Crippen LogP contribution in [-0.2, 0) is 4.74 Å². The van der Waals surface area contributed by atoms with Gasteiger partial charge in [0.1, 0.15) is 12.2 Å². The minimum Gasteiger partial charge on any atom is -0.474 e. The van der Waals surface area contributed by atoms with Gasteiger partial charge >= 0.3 is 5.97 Å². The molecule has 0 radical (unpaired) electrons. The van der Waals surface area contributed by atoms with Crippen molar-refractivity contribution in [2.75, 3.05) is 13.7 Å². The molecule has 0 aliphatic heterocycles. The Balaban J connectivity index is 2.41. The monoisotopic (exact) mass is 259 g/mol. The lowest BCUT2D eigenvalue weighted by Crippen LogP contribution is -2.06. The predicted octanol–water partition coefficient (Wildman–Crippen LogP) is 3.30. The van der Waals surface area contributed by atoms with Crippen molar-refractivity contribution in [3.63, 3.8) is 0 Å². The van der Waals surface area contributed by atoms with Crippen LogP contribution >= 0.6 is 0 Å². The minimum absolute atomic E-state index is 0.382. The minimum atomic E-state index is -0.408. The number of aromatic amines is 1. The van der Waals surface area contributed by atoms with Gasteiger partial charge in [-0.25, -0.2) is 4.79 Å². The van der Waals surface area contributed by atoms with Crippen LogP contribution in [0.2, 0.25) is 0 Å². The number of hydrogen-bond acceptors (Lipinski definition) is 3. The third-order valence-corrected chi connectivity index (χ3v) is 2.98. The Morgan fingerprint density at radius 1 is 1.37 bits per heavy atom.